The molecule has 0 heterocycles. The molecule has 0 aliphatic heterocycles. The molecule has 0 amide bonds. The van der Waals surface area contributed by atoms with E-state index >= 15 is 0 Å². The van der Waals surface area contributed by atoms with Gasteiger partial charge in [-0.1, -0.05) is 6.92 Å². The molecule has 31 valence electrons. The molecule has 0 unspecified atom stereocenters. The van der Waals surface area contributed by atoms with E-state index in [0.29, 0.717) is 0 Å². The second kappa shape index (κ2) is 29.4. The summed E-state index contributed by atoms with van der Waals surface area (Å²) in [5, 5.41) is 0. The summed E-state index contributed by atoms with van der Waals surface area (Å²) in [5.41, 5.74) is 0. The van der Waals surface area contributed by atoms with Crippen molar-refractivity contribution in [1.82, 2.24) is 0 Å². The van der Waals surface area contributed by atoms with Crippen molar-refractivity contribution < 1.29 is 4.39 Å². The van der Waals surface area contributed by atoms with Crippen LogP contribution in [0, 0.1) is 7.18 Å². The number of hydrogen-bond donors (Lipinski definition) is 0. The summed E-state index contributed by atoms with van der Waals surface area (Å²) in [6.07, 6.45) is 0. The standard InChI is InChI=1S/C2H5Cl.CF/c1-2-3;1-2/h2H2,1H3;. The van der Waals surface area contributed by atoms with Crippen molar-refractivity contribution >= 4 is 11.6 Å². The van der Waals surface area contributed by atoms with E-state index in [2.05, 4.69) is 7.18 Å². The Morgan fingerprint density at radius 3 is 1.80 bits per heavy atom. The van der Waals surface area contributed by atoms with Crippen LogP contribution in [0.15, 0.2) is 0 Å². The first-order chi connectivity index (χ1) is 2.41. The van der Waals surface area contributed by atoms with Gasteiger partial charge in [-0.15, -0.1) is 11.6 Å². The summed E-state index contributed by atoms with van der Waals surface area (Å²) in [6.45, 7) is 1.89. The maximum atomic E-state index is 8.75. The van der Waals surface area contributed by atoms with Crippen molar-refractivity contribution in [2.45, 2.75) is 6.92 Å². The van der Waals surface area contributed by atoms with E-state index in [1.54, 1.807) is 0 Å². The molecule has 0 aliphatic rings. The second-order valence-corrected chi connectivity index (χ2v) is 0.802. The van der Waals surface area contributed by atoms with Crippen molar-refractivity contribution in [3.63, 3.8) is 0 Å². The molecular weight excluding hydrogens is 90.5 g/mol. The van der Waals surface area contributed by atoms with Gasteiger partial charge in [0.1, 0.15) is 0 Å². The van der Waals surface area contributed by atoms with Gasteiger partial charge in [-0.05, 0) is 0 Å². The van der Waals surface area contributed by atoms with Gasteiger partial charge in [-0.2, -0.15) is 0 Å². The average Bonchev–Trinajstić information content (AvgIpc) is 1.46. The lowest BCUT2D eigenvalue weighted by Gasteiger charge is -1.45. The highest BCUT2D eigenvalue weighted by Gasteiger charge is 1.38. The van der Waals surface area contributed by atoms with Crippen LogP contribution in [0.25, 0.3) is 0 Å². The minimum Gasteiger partial charge on any atom is -0.232 e. The summed E-state index contributed by atoms with van der Waals surface area (Å²) in [4.78, 5) is 0. The molecule has 0 aliphatic carbocycles. The molecule has 5 heavy (non-hydrogen) atoms. The Labute approximate surface area is 36.9 Å². The third-order valence-corrected chi connectivity index (χ3v) is 0. The van der Waals surface area contributed by atoms with E-state index in [1.807, 2.05) is 6.92 Å². The Balaban J connectivity index is 0. The first kappa shape index (κ1) is 8.97. The molecular formula is C3H5ClF. The topological polar surface area (TPSA) is 0 Å². The fourth-order valence-corrected chi connectivity index (χ4v) is 0. The summed E-state index contributed by atoms with van der Waals surface area (Å²) in [7, 11) is 4.25. The summed E-state index contributed by atoms with van der Waals surface area (Å²) < 4.78 is 8.75. The molecule has 0 fully saturated rings. The molecule has 0 saturated carbocycles. The Morgan fingerprint density at radius 2 is 1.80 bits per heavy atom. The largest absolute Gasteiger partial charge is 0.232 e. The lowest BCUT2D eigenvalue weighted by atomic mass is 11.0. The highest BCUT2D eigenvalue weighted by molar-refractivity contribution is 6.17. The van der Waals surface area contributed by atoms with Crippen LogP contribution < -0.4 is 0 Å². The van der Waals surface area contributed by atoms with Gasteiger partial charge in [0.05, 0.1) is 0 Å². The Morgan fingerprint density at radius 1 is 1.80 bits per heavy atom. The maximum Gasteiger partial charge on any atom is 0.232 e. The van der Waals surface area contributed by atoms with Gasteiger partial charge >= 0.3 is 0 Å². The lowest BCUT2D eigenvalue weighted by molar-refractivity contribution is 0.713. The summed E-state index contributed by atoms with van der Waals surface area (Å²) in [6, 6.07) is 0. The Bertz CT molecular complexity index is 6.85. The summed E-state index contributed by atoms with van der Waals surface area (Å²) >= 11 is 5.00. The van der Waals surface area contributed by atoms with Gasteiger partial charge in [0.2, 0.25) is 7.18 Å². The molecule has 0 saturated heterocycles. The van der Waals surface area contributed by atoms with Crippen LogP contribution in [0.2, 0.25) is 0 Å². The van der Waals surface area contributed by atoms with Gasteiger partial charge in [-0.3, -0.25) is 0 Å². The molecule has 0 atom stereocenters. The van der Waals surface area contributed by atoms with E-state index in [9.17, 15) is 0 Å². The zero-order valence-corrected chi connectivity index (χ0v) is 3.72. The van der Waals surface area contributed by atoms with Crippen LogP contribution in [-0.4, -0.2) is 5.88 Å². The molecule has 0 bridgehead atoms. The first-order valence-corrected chi connectivity index (χ1v) is 1.70. The quantitative estimate of drug-likeness (QED) is 0.402. The van der Waals surface area contributed by atoms with E-state index in [-0.39, 0.29) is 0 Å². The Kier molecular flexibility index (Phi) is 52.7. The van der Waals surface area contributed by atoms with Crippen molar-refractivity contribution in [2.24, 2.45) is 0 Å². The third-order valence-electron chi connectivity index (χ3n) is 0. The van der Waals surface area contributed by atoms with E-state index < -0.39 is 0 Å². The molecule has 0 rings (SSSR count). The normalized spacial score (nSPS) is 4.80. The Hall–Kier alpha value is 0.220. The zero-order chi connectivity index (χ0) is 4.71. The zero-order valence-electron chi connectivity index (χ0n) is 2.96. The minimum absolute atomic E-state index is 0.722. The van der Waals surface area contributed by atoms with Crippen LogP contribution in [0.3, 0.4) is 0 Å². The predicted molar refractivity (Wildman–Crippen MR) is 20.7 cm³/mol. The van der Waals surface area contributed by atoms with E-state index in [0.717, 1.165) is 5.88 Å². The molecule has 0 spiro atoms. The monoisotopic (exact) mass is 95.0 g/mol. The van der Waals surface area contributed by atoms with Gasteiger partial charge in [0, 0.05) is 5.88 Å². The van der Waals surface area contributed by atoms with Crippen LogP contribution in [0.5, 0.6) is 0 Å². The van der Waals surface area contributed by atoms with Crippen LogP contribution in [0.1, 0.15) is 6.92 Å². The molecule has 0 aromatic carbocycles. The SMILES string of the molecule is CCCl.[C]F. The predicted octanol–water partition coefficient (Wildman–Crippen LogP) is 1.75. The highest BCUT2D eigenvalue weighted by atomic mass is 35.5. The number of hydrogen-bond acceptors (Lipinski definition) is 0. The molecule has 0 aromatic heterocycles. The third kappa shape index (κ3) is 430. The summed E-state index contributed by atoms with van der Waals surface area (Å²) in [5.74, 6) is 0.722. The van der Waals surface area contributed by atoms with Gasteiger partial charge in [0.15, 0.2) is 0 Å². The van der Waals surface area contributed by atoms with Gasteiger partial charge in [-0.25, -0.2) is 4.39 Å². The second-order valence-electron chi connectivity index (χ2n) is 0.267. The van der Waals surface area contributed by atoms with Crippen LogP contribution in [-0.2, 0) is 0 Å². The van der Waals surface area contributed by atoms with Crippen molar-refractivity contribution in [1.29, 1.82) is 0 Å². The van der Waals surface area contributed by atoms with Crippen molar-refractivity contribution in [3.05, 3.63) is 7.18 Å². The van der Waals surface area contributed by atoms with Crippen molar-refractivity contribution in [2.75, 3.05) is 5.88 Å². The molecule has 2 heteroatoms. The number of alkyl halides is 1. The van der Waals surface area contributed by atoms with Gasteiger partial charge in [0.25, 0.3) is 0 Å². The van der Waals surface area contributed by atoms with E-state index in [4.69, 9.17) is 16.0 Å². The minimum atomic E-state index is 0.722. The fraction of sp³-hybridized carbons (Fsp3) is 0.667. The van der Waals surface area contributed by atoms with Crippen LogP contribution >= 0.6 is 11.6 Å². The first-order valence-electron chi connectivity index (χ1n) is 1.16. The molecule has 3 radical (unpaired) electrons. The average molecular weight is 95.5 g/mol. The lowest BCUT2D eigenvalue weighted by Crippen LogP contribution is -1.36. The maximum absolute atomic E-state index is 8.75. The van der Waals surface area contributed by atoms with Gasteiger partial charge < -0.3 is 0 Å². The molecule has 0 nitrogen and oxygen atoms in total. The fourth-order valence-electron chi connectivity index (χ4n) is 0. The molecule has 0 N–H and O–H groups in total. The van der Waals surface area contributed by atoms with E-state index in [1.165, 1.54) is 0 Å². The van der Waals surface area contributed by atoms with Crippen molar-refractivity contribution in [3.8, 4) is 0 Å². The smallest absolute Gasteiger partial charge is 0.232 e. The van der Waals surface area contributed by atoms with Crippen LogP contribution in [0.4, 0.5) is 4.39 Å². The molecule has 0 aromatic rings. The number of halogens is 2. The number of rotatable bonds is 0. The highest BCUT2D eigenvalue weighted by Crippen LogP contribution is 1.59.